The lowest BCUT2D eigenvalue weighted by Crippen LogP contribution is -2.26. The molecule has 0 saturated heterocycles. The van der Waals surface area contributed by atoms with Gasteiger partial charge in [-0.2, -0.15) is 0 Å². The Balaban J connectivity index is 0.00000172. The van der Waals surface area contributed by atoms with Crippen LogP contribution in [-0.4, -0.2) is 36.1 Å². The van der Waals surface area contributed by atoms with Gasteiger partial charge < -0.3 is 9.64 Å². The molecule has 1 aliphatic rings. The van der Waals surface area contributed by atoms with Gasteiger partial charge in [0.2, 0.25) is 0 Å². The fraction of sp³-hybridized carbons (Fsp3) is 0.600. The van der Waals surface area contributed by atoms with Crippen molar-refractivity contribution >= 4 is 0 Å². The Hall–Kier alpha value is -1.62. The average molecular weight is 282 g/mol. The van der Waals surface area contributed by atoms with Crippen molar-refractivity contribution in [3.63, 3.8) is 0 Å². The summed E-state index contributed by atoms with van der Waals surface area (Å²) < 4.78 is 5.63. The molecule has 0 fully saturated rings. The van der Waals surface area contributed by atoms with Gasteiger partial charge in [0, 0.05) is 25.1 Å². The lowest BCUT2D eigenvalue weighted by atomic mass is 10.3. The van der Waals surface area contributed by atoms with E-state index in [9.17, 15) is 10.1 Å². The number of likely N-dealkylation sites (N-methyl/N-ethyl adjacent to an activating group) is 1. The third-order valence-corrected chi connectivity index (χ3v) is 2.85. The third kappa shape index (κ3) is 7.09. The Morgan fingerprint density at radius 1 is 1.30 bits per heavy atom. The largest absolute Gasteiger partial charge is 0.496 e. The van der Waals surface area contributed by atoms with Crippen molar-refractivity contribution in [3.8, 4) is 0 Å². The molecule has 0 atom stereocenters. The van der Waals surface area contributed by atoms with Crippen LogP contribution in [0.5, 0.6) is 0 Å². The van der Waals surface area contributed by atoms with Gasteiger partial charge in [0.05, 0.1) is 4.92 Å². The highest BCUT2D eigenvalue weighted by Crippen LogP contribution is 2.12. The van der Waals surface area contributed by atoms with E-state index < -0.39 is 4.92 Å². The molecule has 0 aliphatic heterocycles. The maximum Gasteiger partial charge on any atom is 0.269 e. The van der Waals surface area contributed by atoms with Crippen LogP contribution in [0.2, 0.25) is 0 Å². The first kappa shape index (κ1) is 18.4. The van der Waals surface area contributed by atoms with Crippen molar-refractivity contribution in [3.05, 3.63) is 45.9 Å². The zero-order chi connectivity index (χ0) is 15.4. The van der Waals surface area contributed by atoms with Crippen molar-refractivity contribution in [2.75, 3.05) is 26.2 Å². The number of nitrogens with zero attached hydrogens (tertiary/aromatic N) is 2. The van der Waals surface area contributed by atoms with Gasteiger partial charge in [-0.05, 0) is 19.2 Å². The van der Waals surface area contributed by atoms with Crippen LogP contribution in [0, 0.1) is 10.1 Å². The molecule has 0 radical (unpaired) electrons. The van der Waals surface area contributed by atoms with Gasteiger partial charge in [0.15, 0.2) is 0 Å². The minimum atomic E-state index is -0.397. The van der Waals surface area contributed by atoms with Gasteiger partial charge in [0.1, 0.15) is 12.4 Å². The summed E-state index contributed by atoms with van der Waals surface area (Å²) in [6.45, 7) is 11.7. The van der Waals surface area contributed by atoms with Gasteiger partial charge >= 0.3 is 0 Å². The van der Waals surface area contributed by atoms with E-state index in [1.54, 1.807) is 12.2 Å². The van der Waals surface area contributed by atoms with Crippen LogP contribution in [0.15, 0.2) is 35.8 Å². The molecule has 0 N–H and O–H groups in total. The molecule has 0 bridgehead atoms. The Morgan fingerprint density at radius 3 is 2.50 bits per heavy atom. The summed E-state index contributed by atoms with van der Waals surface area (Å²) in [7, 11) is 0. The molecule has 1 aliphatic carbocycles. The summed E-state index contributed by atoms with van der Waals surface area (Å²) in [5, 5.41) is 10.6. The molecular formula is C15H26N2O3. The summed E-state index contributed by atoms with van der Waals surface area (Å²) in [5.41, 5.74) is 0.0948. The molecule has 0 aromatic carbocycles. The van der Waals surface area contributed by atoms with Crippen LogP contribution in [0.3, 0.4) is 0 Å². The van der Waals surface area contributed by atoms with Crippen molar-refractivity contribution in [2.45, 2.75) is 34.1 Å². The predicted molar refractivity (Wildman–Crippen MR) is 82.0 cm³/mol. The number of hydrogen-bond acceptors (Lipinski definition) is 4. The Morgan fingerprint density at radius 2 is 1.95 bits per heavy atom. The second-order valence-corrected chi connectivity index (χ2v) is 3.96. The summed E-state index contributed by atoms with van der Waals surface area (Å²) in [4.78, 5) is 12.5. The van der Waals surface area contributed by atoms with Gasteiger partial charge in [0.25, 0.3) is 5.70 Å². The first-order valence-corrected chi connectivity index (χ1v) is 7.24. The van der Waals surface area contributed by atoms with Crippen molar-refractivity contribution in [2.24, 2.45) is 0 Å². The molecule has 0 heterocycles. The smallest absolute Gasteiger partial charge is 0.269 e. The number of ether oxygens (including phenoxy) is 1. The van der Waals surface area contributed by atoms with Crippen LogP contribution in [-0.2, 0) is 4.74 Å². The van der Waals surface area contributed by atoms with Crippen LogP contribution in [0.1, 0.15) is 34.1 Å². The molecule has 0 spiro atoms. The fourth-order valence-electron chi connectivity index (χ4n) is 1.67. The second kappa shape index (κ2) is 11.2. The van der Waals surface area contributed by atoms with E-state index in [1.165, 1.54) is 12.2 Å². The average Bonchev–Trinajstić information content (AvgIpc) is 2.71. The van der Waals surface area contributed by atoms with Gasteiger partial charge in [-0.3, -0.25) is 10.1 Å². The van der Waals surface area contributed by atoms with E-state index in [0.717, 1.165) is 25.4 Å². The van der Waals surface area contributed by atoms with E-state index in [1.807, 2.05) is 13.8 Å². The summed E-state index contributed by atoms with van der Waals surface area (Å²) in [6.07, 6.45) is 7.03. The molecule has 1 rings (SSSR count). The molecule has 5 nitrogen and oxygen atoms in total. The summed E-state index contributed by atoms with van der Waals surface area (Å²) >= 11 is 0. The van der Waals surface area contributed by atoms with Crippen molar-refractivity contribution in [1.29, 1.82) is 0 Å². The SMILES string of the molecule is CC.CCN(CC)CCOC1=CC=C([N+](=O)[O-])C=CC1. The van der Waals surface area contributed by atoms with E-state index in [-0.39, 0.29) is 5.70 Å². The van der Waals surface area contributed by atoms with Crippen LogP contribution in [0.4, 0.5) is 0 Å². The Labute approximate surface area is 121 Å². The predicted octanol–water partition coefficient (Wildman–Crippen LogP) is 3.38. The normalized spacial score (nSPS) is 13.8. The first-order chi connectivity index (χ1) is 9.67. The molecule has 0 saturated carbocycles. The number of rotatable bonds is 7. The zero-order valence-electron chi connectivity index (χ0n) is 13.0. The molecule has 0 amide bonds. The summed E-state index contributed by atoms with van der Waals surface area (Å²) in [6, 6.07) is 0. The highest BCUT2D eigenvalue weighted by Gasteiger charge is 2.08. The third-order valence-electron chi connectivity index (χ3n) is 2.85. The highest BCUT2D eigenvalue weighted by atomic mass is 16.6. The van der Waals surface area contributed by atoms with Crippen molar-refractivity contribution < 1.29 is 9.66 Å². The zero-order valence-corrected chi connectivity index (χ0v) is 13.0. The lowest BCUT2D eigenvalue weighted by Gasteiger charge is -2.18. The molecular weight excluding hydrogens is 256 g/mol. The molecule has 0 unspecified atom stereocenters. The van der Waals surface area contributed by atoms with Crippen LogP contribution < -0.4 is 0 Å². The van der Waals surface area contributed by atoms with E-state index in [0.29, 0.717) is 13.0 Å². The minimum Gasteiger partial charge on any atom is -0.496 e. The van der Waals surface area contributed by atoms with Crippen LogP contribution in [0.25, 0.3) is 0 Å². The summed E-state index contributed by atoms with van der Waals surface area (Å²) in [5.74, 6) is 0.773. The monoisotopic (exact) mass is 282 g/mol. The fourth-order valence-corrected chi connectivity index (χ4v) is 1.67. The maximum absolute atomic E-state index is 10.6. The number of nitro groups is 1. The van der Waals surface area contributed by atoms with Gasteiger partial charge in [-0.15, -0.1) is 0 Å². The Bertz CT molecular complexity index is 369. The van der Waals surface area contributed by atoms with Gasteiger partial charge in [-0.25, -0.2) is 0 Å². The molecule has 114 valence electrons. The number of allylic oxidation sites excluding steroid dienone is 4. The molecule has 0 aromatic heterocycles. The first-order valence-electron chi connectivity index (χ1n) is 7.24. The highest BCUT2D eigenvalue weighted by molar-refractivity contribution is 5.24. The van der Waals surface area contributed by atoms with Crippen molar-refractivity contribution in [1.82, 2.24) is 4.90 Å². The molecule has 0 aromatic rings. The van der Waals surface area contributed by atoms with E-state index in [2.05, 4.69) is 18.7 Å². The van der Waals surface area contributed by atoms with E-state index >= 15 is 0 Å². The standard InChI is InChI=1S/C13H20N2O3.C2H6/c1-3-14(4-2)10-11-18-13-7-5-6-12(8-9-13)15(16)17;1-2/h5-6,8-9H,3-4,7,10-11H2,1-2H3;1-2H3. The Kier molecular flexibility index (Phi) is 10.3. The number of hydrogen-bond donors (Lipinski definition) is 0. The van der Waals surface area contributed by atoms with E-state index in [4.69, 9.17) is 4.74 Å². The lowest BCUT2D eigenvalue weighted by molar-refractivity contribution is -0.419. The quantitative estimate of drug-likeness (QED) is 0.530. The topological polar surface area (TPSA) is 55.6 Å². The molecule has 20 heavy (non-hydrogen) atoms. The minimum absolute atomic E-state index is 0.0948. The van der Waals surface area contributed by atoms with Crippen LogP contribution >= 0.6 is 0 Å². The molecule has 5 heteroatoms. The second-order valence-electron chi connectivity index (χ2n) is 3.96. The van der Waals surface area contributed by atoms with Gasteiger partial charge in [-0.1, -0.05) is 33.8 Å². The maximum atomic E-state index is 10.6.